The van der Waals surface area contributed by atoms with Crippen molar-refractivity contribution in [3.63, 3.8) is 0 Å². The highest BCUT2D eigenvalue weighted by Gasteiger charge is 2.07. The molecule has 2 heterocycles. The fourth-order valence-electron chi connectivity index (χ4n) is 1.68. The highest BCUT2D eigenvalue weighted by atomic mass is 32.1. The molecule has 2 nitrogen and oxygen atoms in total. The fourth-order valence-corrected chi connectivity index (χ4v) is 2.55. The average molecular weight is 214 g/mol. The van der Waals surface area contributed by atoms with Gasteiger partial charge >= 0.3 is 0 Å². The van der Waals surface area contributed by atoms with Crippen molar-refractivity contribution in [2.24, 2.45) is 0 Å². The van der Waals surface area contributed by atoms with Gasteiger partial charge < -0.3 is 4.98 Å². The van der Waals surface area contributed by atoms with Crippen LogP contribution in [0.15, 0.2) is 35.7 Å². The molecule has 0 saturated carbocycles. The van der Waals surface area contributed by atoms with E-state index in [2.05, 4.69) is 34.4 Å². The number of rotatable bonds is 1. The van der Waals surface area contributed by atoms with Crippen molar-refractivity contribution in [1.29, 1.82) is 0 Å². The number of aromatic nitrogens is 2. The molecule has 3 rings (SSSR count). The molecule has 0 bridgehead atoms. The van der Waals surface area contributed by atoms with Gasteiger partial charge in [0, 0.05) is 0 Å². The number of aryl methyl sites for hydroxylation is 1. The fraction of sp³-hybridized carbons (Fsp3) is 0.0833. The molecule has 0 aliphatic heterocycles. The van der Waals surface area contributed by atoms with E-state index in [9.17, 15) is 0 Å². The first-order valence-corrected chi connectivity index (χ1v) is 5.72. The summed E-state index contributed by atoms with van der Waals surface area (Å²) in [5.41, 5.74) is 3.40. The predicted octanol–water partition coefficient (Wildman–Crippen LogP) is 3.60. The average Bonchev–Trinajstić information content (AvgIpc) is 2.82. The van der Waals surface area contributed by atoms with E-state index in [4.69, 9.17) is 0 Å². The number of nitrogens with zero attached hydrogens (tertiary/aromatic N) is 1. The largest absolute Gasteiger partial charge is 0.337 e. The van der Waals surface area contributed by atoms with E-state index in [0.717, 1.165) is 16.9 Å². The van der Waals surface area contributed by atoms with Gasteiger partial charge in [0.15, 0.2) is 0 Å². The third-order valence-electron chi connectivity index (χ3n) is 2.47. The topological polar surface area (TPSA) is 28.7 Å². The highest BCUT2D eigenvalue weighted by Crippen LogP contribution is 2.28. The monoisotopic (exact) mass is 214 g/mol. The summed E-state index contributed by atoms with van der Waals surface area (Å²) in [6.45, 7) is 2.11. The summed E-state index contributed by atoms with van der Waals surface area (Å²) in [7, 11) is 0. The molecule has 0 aliphatic rings. The summed E-state index contributed by atoms with van der Waals surface area (Å²) in [6, 6.07) is 10.2. The Kier molecular flexibility index (Phi) is 1.86. The zero-order valence-electron chi connectivity index (χ0n) is 8.32. The molecule has 0 spiro atoms. The molecular formula is C12H10N2S. The number of thiophene rings is 1. The molecule has 0 fully saturated rings. The van der Waals surface area contributed by atoms with Crippen molar-refractivity contribution in [1.82, 2.24) is 9.97 Å². The lowest BCUT2D eigenvalue weighted by atomic mass is 10.3. The maximum absolute atomic E-state index is 4.57. The first kappa shape index (κ1) is 8.68. The number of para-hydroxylation sites is 2. The van der Waals surface area contributed by atoms with Gasteiger partial charge in [-0.2, -0.15) is 0 Å². The first-order valence-electron chi connectivity index (χ1n) is 4.84. The molecular weight excluding hydrogens is 204 g/mol. The van der Waals surface area contributed by atoms with Gasteiger partial charge in [-0.25, -0.2) is 4.98 Å². The van der Waals surface area contributed by atoms with Crippen molar-refractivity contribution in [3.05, 3.63) is 41.3 Å². The number of fused-ring (bicyclic) bond motifs is 1. The van der Waals surface area contributed by atoms with Crippen LogP contribution in [0.4, 0.5) is 0 Å². The molecule has 3 heteroatoms. The Morgan fingerprint density at radius 1 is 1.20 bits per heavy atom. The van der Waals surface area contributed by atoms with Gasteiger partial charge in [0.05, 0.1) is 15.9 Å². The molecule has 0 unspecified atom stereocenters. The van der Waals surface area contributed by atoms with Gasteiger partial charge in [0.2, 0.25) is 0 Å². The Morgan fingerprint density at radius 2 is 2.07 bits per heavy atom. The van der Waals surface area contributed by atoms with E-state index in [0.29, 0.717) is 0 Å². The van der Waals surface area contributed by atoms with E-state index in [1.807, 2.05) is 18.2 Å². The standard InChI is InChI=1S/C12H10N2S/c1-8-6-7-15-11(8)12-13-9-4-2-3-5-10(9)14-12/h2-7H,1H3,(H,13,14). The Labute approximate surface area is 91.6 Å². The molecule has 0 atom stereocenters. The minimum absolute atomic E-state index is 0.976. The Balaban J connectivity index is 2.24. The molecule has 0 aliphatic carbocycles. The third kappa shape index (κ3) is 1.36. The highest BCUT2D eigenvalue weighted by molar-refractivity contribution is 7.13. The van der Waals surface area contributed by atoms with Crippen molar-refractivity contribution in [3.8, 4) is 10.7 Å². The maximum atomic E-state index is 4.57. The van der Waals surface area contributed by atoms with Gasteiger partial charge in [-0.3, -0.25) is 0 Å². The summed E-state index contributed by atoms with van der Waals surface area (Å²) in [5, 5.41) is 2.10. The summed E-state index contributed by atoms with van der Waals surface area (Å²) in [4.78, 5) is 9.14. The first-order chi connectivity index (χ1) is 7.34. The molecule has 1 N–H and O–H groups in total. The van der Waals surface area contributed by atoms with E-state index < -0.39 is 0 Å². The normalized spacial score (nSPS) is 11.0. The number of nitrogens with one attached hydrogen (secondary N) is 1. The summed E-state index contributed by atoms with van der Waals surface area (Å²) < 4.78 is 0. The number of benzene rings is 1. The number of hydrogen-bond acceptors (Lipinski definition) is 2. The molecule has 0 saturated heterocycles. The quantitative estimate of drug-likeness (QED) is 0.658. The van der Waals surface area contributed by atoms with Gasteiger partial charge in [-0.15, -0.1) is 11.3 Å². The van der Waals surface area contributed by atoms with Crippen molar-refractivity contribution in [2.75, 3.05) is 0 Å². The zero-order chi connectivity index (χ0) is 10.3. The Morgan fingerprint density at radius 3 is 2.80 bits per heavy atom. The molecule has 1 aromatic carbocycles. The number of hydrogen-bond donors (Lipinski definition) is 1. The van der Waals surface area contributed by atoms with E-state index >= 15 is 0 Å². The van der Waals surface area contributed by atoms with Crippen molar-refractivity contribution >= 4 is 22.4 Å². The summed E-state index contributed by atoms with van der Waals surface area (Å²) in [6.07, 6.45) is 0. The van der Waals surface area contributed by atoms with Crippen molar-refractivity contribution in [2.45, 2.75) is 6.92 Å². The minimum Gasteiger partial charge on any atom is -0.337 e. The molecule has 74 valence electrons. The molecule has 0 amide bonds. The summed E-state index contributed by atoms with van der Waals surface area (Å²) in [5.74, 6) is 0.976. The third-order valence-corrected chi connectivity index (χ3v) is 3.49. The second kappa shape index (κ2) is 3.21. The second-order valence-electron chi connectivity index (χ2n) is 3.54. The lowest BCUT2D eigenvalue weighted by Gasteiger charge is -1.91. The number of imidazole rings is 1. The Bertz CT molecular complexity index is 574. The number of aromatic amines is 1. The van der Waals surface area contributed by atoms with Crippen LogP contribution >= 0.6 is 11.3 Å². The molecule has 2 aromatic heterocycles. The van der Waals surface area contributed by atoms with E-state index in [-0.39, 0.29) is 0 Å². The van der Waals surface area contributed by atoms with Gasteiger partial charge in [0.1, 0.15) is 5.82 Å². The van der Waals surface area contributed by atoms with Crippen LogP contribution < -0.4 is 0 Å². The van der Waals surface area contributed by atoms with E-state index in [1.165, 1.54) is 10.4 Å². The van der Waals surface area contributed by atoms with Crippen LogP contribution in [0.2, 0.25) is 0 Å². The van der Waals surface area contributed by atoms with Gasteiger partial charge in [-0.05, 0) is 36.1 Å². The second-order valence-corrected chi connectivity index (χ2v) is 4.45. The molecule has 15 heavy (non-hydrogen) atoms. The lowest BCUT2D eigenvalue weighted by molar-refractivity contribution is 1.34. The van der Waals surface area contributed by atoms with Crippen LogP contribution in [0.1, 0.15) is 5.56 Å². The SMILES string of the molecule is Cc1ccsc1-c1nc2ccccc2[nH]1. The van der Waals surface area contributed by atoms with Crippen LogP contribution in [0.3, 0.4) is 0 Å². The van der Waals surface area contributed by atoms with Crippen molar-refractivity contribution < 1.29 is 0 Å². The Hall–Kier alpha value is -1.61. The lowest BCUT2D eigenvalue weighted by Crippen LogP contribution is -1.77. The zero-order valence-corrected chi connectivity index (χ0v) is 9.14. The predicted molar refractivity (Wildman–Crippen MR) is 64.1 cm³/mol. The van der Waals surface area contributed by atoms with Crippen LogP contribution in [-0.4, -0.2) is 9.97 Å². The maximum Gasteiger partial charge on any atom is 0.148 e. The van der Waals surface area contributed by atoms with Crippen LogP contribution in [0, 0.1) is 6.92 Å². The molecule has 0 radical (unpaired) electrons. The van der Waals surface area contributed by atoms with Gasteiger partial charge in [0.25, 0.3) is 0 Å². The smallest absolute Gasteiger partial charge is 0.148 e. The number of H-pyrrole nitrogens is 1. The van der Waals surface area contributed by atoms with Crippen LogP contribution in [-0.2, 0) is 0 Å². The van der Waals surface area contributed by atoms with Crippen LogP contribution in [0.25, 0.3) is 21.7 Å². The molecule has 3 aromatic rings. The van der Waals surface area contributed by atoms with E-state index in [1.54, 1.807) is 11.3 Å². The minimum atomic E-state index is 0.976. The summed E-state index contributed by atoms with van der Waals surface area (Å²) >= 11 is 1.72. The van der Waals surface area contributed by atoms with Gasteiger partial charge in [-0.1, -0.05) is 12.1 Å². The van der Waals surface area contributed by atoms with Crippen LogP contribution in [0.5, 0.6) is 0 Å².